The first kappa shape index (κ1) is 26.9. The fraction of sp³-hybridized carbons (Fsp3) is 0.267. The highest BCUT2D eigenvalue weighted by Gasteiger charge is 2.31. The Bertz CT molecular complexity index is 1590. The maximum Gasteiger partial charge on any atom is 0.416 e. The van der Waals surface area contributed by atoms with Crippen molar-refractivity contribution in [1.29, 1.82) is 0 Å². The fourth-order valence-electron chi connectivity index (χ4n) is 4.44. The van der Waals surface area contributed by atoms with Gasteiger partial charge in [-0.1, -0.05) is 17.9 Å². The minimum absolute atomic E-state index is 0.0142. The molecule has 1 N–H and O–H groups in total. The topological polar surface area (TPSA) is 75.9 Å². The molecule has 0 atom stereocenters. The van der Waals surface area contributed by atoms with E-state index in [0.29, 0.717) is 22.8 Å². The average Bonchev–Trinajstić information content (AvgIpc) is 3.39. The molecule has 0 bridgehead atoms. The van der Waals surface area contributed by atoms with Gasteiger partial charge in [0.25, 0.3) is 5.91 Å². The van der Waals surface area contributed by atoms with E-state index in [1.165, 1.54) is 23.4 Å². The molecular weight excluding hydrogens is 517 g/mol. The number of piperidine rings is 1. The van der Waals surface area contributed by atoms with E-state index in [1.807, 2.05) is 6.92 Å². The van der Waals surface area contributed by atoms with Gasteiger partial charge >= 0.3 is 6.18 Å². The SMILES string of the molecule is Cc1cn(-c2cc(NC(=O)c3ccc(C)c(C#Cc4cnc(N5CCCCC5)nc4)c3)cc(C(F)(F)F)c2)cn1. The van der Waals surface area contributed by atoms with E-state index in [1.54, 1.807) is 43.7 Å². The van der Waals surface area contributed by atoms with Crippen LogP contribution in [0.4, 0.5) is 24.8 Å². The number of carbonyl (C=O) groups excluding carboxylic acids is 1. The second-order valence-electron chi connectivity index (χ2n) is 9.74. The minimum atomic E-state index is -4.59. The fourth-order valence-corrected chi connectivity index (χ4v) is 4.44. The number of hydrogen-bond donors (Lipinski definition) is 1. The molecule has 1 aliphatic rings. The first-order valence-electron chi connectivity index (χ1n) is 12.9. The van der Waals surface area contributed by atoms with Gasteiger partial charge in [-0.25, -0.2) is 15.0 Å². The normalized spacial score (nSPS) is 13.5. The van der Waals surface area contributed by atoms with Crippen molar-refractivity contribution in [2.75, 3.05) is 23.3 Å². The van der Waals surface area contributed by atoms with Crippen LogP contribution in [0.1, 0.15) is 57.6 Å². The number of aromatic nitrogens is 4. The van der Waals surface area contributed by atoms with Crippen LogP contribution in [0, 0.1) is 25.7 Å². The molecule has 204 valence electrons. The van der Waals surface area contributed by atoms with Gasteiger partial charge in [0.15, 0.2) is 0 Å². The third-order valence-corrected chi connectivity index (χ3v) is 6.63. The number of aryl methyl sites for hydroxylation is 2. The molecule has 4 aromatic rings. The molecule has 0 saturated carbocycles. The molecule has 0 spiro atoms. The van der Waals surface area contributed by atoms with Gasteiger partial charge < -0.3 is 14.8 Å². The summed E-state index contributed by atoms with van der Waals surface area (Å²) in [6.07, 6.45) is 5.30. The second kappa shape index (κ2) is 11.2. The van der Waals surface area contributed by atoms with Gasteiger partial charge in [-0.15, -0.1) is 0 Å². The molecule has 3 heterocycles. The van der Waals surface area contributed by atoms with Crippen molar-refractivity contribution in [3.63, 3.8) is 0 Å². The summed E-state index contributed by atoms with van der Waals surface area (Å²) in [5.74, 6) is 6.25. The zero-order valence-corrected chi connectivity index (χ0v) is 22.1. The number of nitrogens with one attached hydrogen (secondary N) is 1. The Kier molecular flexibility index (Phi) is 7.56. The van der Waals surface area contributed by atoms with E-state index in [-0.39, 0.29) is 16.9 Å². The zero-order valence-electron chi connectivity index (χ0n) is 22.1. The van der Waals surface area contributed by atoms with Crippen LogP contribution < -0.4 is 10.2 Å². The molecule has 1 aliphatic heterocycles. The smallest absolute Gasteiger partial charge is 0.341 e. The lowest BCUT2D eigenvalue weighted by Crippen LogP contribution is -2.30. The molecule has 0 radical (unpaired) electrons. The Morgan fingerprint density at radius 3 is 2.38 bits per heavy atom. The highest BCUT2D eigenvalue weighted by atomic mass is 19.4. The Morgan fingerprint density at radius 1 is 0.950 bits per heavy atom. The van der Waals surface area contributed by atoms with Crippen LogP contribution in [-0.4, -0.2) is 38.5 Å². The number of benzene rings is 2. The van der Waals surface area contributed by atoms with Gasteiger partial charge in [0, 0.05) is 54.2 Å². The monoisotopic (exact) mass is 544 g/mol. The molecule has 7 nitrogen and oxygen atoms in total. The Morgan fingerprint density at radius 2 is 1.70 bits per heavy atom. The van der Waals surface area contributed by atoms with Crippen LogP contribution in [0.25, 0.3) is 5.69 Å². The van der Waals surface area contributed by atoms with Gasteiger partial charge in [-0.3, -0.25) is 4.79 Å². The number of imidazole rings is 1. The molecule has 0 unspecified atom stereocenters. The highest BCUT2D eigenvalue weighted by molar-refractivity contribution is 6.04. The third-order valence-electron chi connectivity index (χ3n) is 6.63. The Hall–Kier alpha value is -4.65. The Labute approximate surface area is 230 Å². The maximum absolute atomic E-state index is 13.6. The summed E-state index contributed by atoms with van der Waals surface area (Å²) in [6.45, 7) is 5.50. The lowest BCUT2D eigenvalue weighted by molar-refractivity contribution is -0.137. The number of alkyl halides is 3. The summed E-state index contributed by atoms with van der Waals surface area (Å²) in [6, 6.07) is 8.37. The maximum atomic E-state index is 13.6. The van der Waals surface area contributed by atoms with Crippen molar-refractivity contribution in [2.24, 2.45) is 0 Å². The largest absolute Gasteiger partial charge is 0.416 e. The van der Waals surface area contributed by atoms with Gasteiger partial charge in [0.2, 0.25) is 5.95 Å². The van der Waals surface area contributed by atoms with Gasteiger partial charge in [0.05, 0.1) is 23.1 Å². The number of carbonyl (C=O) groups is 1. The minimum Gasteiger partial charge on any atom is -0.341 e. The van der Waals surface area contributed by atoms with Crippen molar-refractivity contribution < 1.29 is 18.0 Å². The molecule has 1 amide bonds. The predicted octanol–water partition coefficient (Wildman–Crippen LogP) is 5.94. The van der Waals surface area contributed by atoms with Crippen LogP contribution in [0.2, 0.25) is 0 Å². The standard InChI is InChI=1S/C30H27F3N6O/c1-20-6-8-24(12-23(20)9-7-22-16-34-29(35-17-22)38-10-4-3-5-11-38)28(40)37-26-13-25(30(31,32)33)14-27(15-26)39-18-21(2)36-19-39/h6,8,12-19H,3-5,10-11H2,1-2H3,(H,37,40). The van der Waals surface area contributed by atoms with Gasteiger partial charge in [0.1, 0.15) is 0 Å². The van der Waals surface area contributed by atoms with E-state index >= 15 is 0 Å². The summed E-state index contributed by atoms with van der Waals surface area (Å²) < 4.78 is 42.3. The van der Waals surface area contributed by atoms with Crippen LogP contribution >= 0.6 is 0 Å². The predicted molar refractivity (Wildman–Crippen MR) is 147 cm³/mol. The van der Waals surface area contributed by atoms with Crippen molar-refractivity contribution in [1.82, 2.24) is 19.5 Å². The van der Waals surface area contributed by atoms with E-state index in [4.69, 9.17) is 0 Å². The number of hydrogen-bond acceptors (Lipinski definition) is 5. The molecule has 40 heavy (non-hydrogen) atoms. The summed E-state index contributed by atoms with van der Waals surface area (Å²) in [5.41, 5.74) is 2.40. The summed E-state index contributed by atoms with van der Waals surface area (Å²) >= 11 is 0. The molecular formula is C30H27F3N6O. The number of halogens is 3. The lowest BCUT2D eigenvalue weighted by Gasteiger charge is -2.26. The van der Waals surface area contributed by atoms with Crippen molar-refractivity contribution >= 4 is 17.5 Å². The molecule has 1 fully saturated rings. The van der Waals surface area contributed by atoms with E-state index < -0.39 is 17.6 Å². The Balaban J connectivity index is 1.36. The molecule has 0 aliphatic carbocycles. The second-order valence-corrected chi connectivity index (χ2v) is 9.74. The first-order chi connectivity index (χ1) is 19.2. The summed E-state index contributed by atoms with van der Waals surface area (Å²) in [4.78, 5) is 28.2. The molecule has 5 rings (SSSR count). The van der Waals surface area contributed by atoms with Gasteiger partial charge in [-0.2, -0.15) is 13.2 Å². The molecule has 2 aromatic carbocycles. The number of amides is 1. The van der Waals surface area contributed by atoms with Crippen LogP contribution in [0.15, 0.2) is 61.3 Å². The average molecular weight is 545 g/mol. The van der Waals surface area contributed by atoms with Crippen molar-refractivity contribution in [2.45, 2.75) is 39.3 Å². The lowest BCUT2D eigenvalue weighted by atomic mass is 10.0. The van der Waals surface area contributed by atoms with Crippen LogP contribution in [-0.2, 0) is 6.18 Å². The zero-order chi connectivity index (χ0) is 28.3. The summed E-state index contributed by atoms with van der Waals surface area (Å²) in [7, 11) is 0. The highest BCUT2D eigenvalue weighted by Crippen LogP contribution is 2.33. The quantitative estimate of drug-likeness (QED) is 0.322. The third kappa shape index (κ3) is 6.31. The van der Waals surface area contributed by atoms with E-state index in [9.17, 15) is 18.0 Å². The molecule has 10 heteroatoms. The van der Waals surface area contributed by atoms with E-state index in [0.717, 1.165) is 43.6 Å². The number of anilines is 2. The van der Waals surface area contributed by atoms with Crippen molar-refractivity contribution in [3.8, 4) is 17.5 Å². The van der Waals surface area contributed by atoms with E-state index in [2.05, 4.69) is 37.0 Å². The van der Waals surface area contributed by atoms with Crippen molar-refractivity contribution in [3.05, 3.63) is 94.8 Å². The number of nitrogens with zero attached hydrogens (tertiary/aromatic N) is 5. The first-order valence-corrected chi connectivity index (χ1v) is 12.9. The van der Waals surface area contributed by atoms with Crippen LogP contribution in [0.3, 0.4) is 0 Å². The number of rotatable bonds is 4. The molecule has 1 saturated heterocycles. The van der Waals surface area contributed by atoms with Crippen LogP contribution in [0.5, 0.6) is 0 Å². The molecule has 2 aromatic heterocycles. The van der Waals surface area contributed by atoms with Gasteiger partial charge in [-0.05, 0) is 69.0 Å². The summed E-state index contributed by atoms with van der Waals surface area (Å²) in [5, 5.41) is 2.60.